The number of hydrogen-bond donors (Lipinski definition) is 2. The van der Waals surface area contributed by atoms with Crippen LogP contribution >= 0.6 is 11.6 Å². The lowest BCUT2D eigenvalue weighted by atomic mass is 10.0. The number of nitro benzene ring substituents is 1. The zero-order chi connectivity index (χ0) is 20.0. The molecule has 0 saturated carbocycles. The third-order valence-corrected chi connectivity index (χ3v) is 3.98. The highest BCUT2D eigenvalue weighted by atomic mass is 35.5. The number of likely N-dealkylation sites (N-methyl/N-ethyl adjacent to an activating group) is 1. The van der Waals surface area contributed by atoms with E-state index in [0.717, 1.165) is 12.1 Å². The first-order valence-corrected chi connectivity index (χ1v) is 8.14. The van der Waals surface area contributed by atoms with Gasteiger partial charge >= 0.3 is 5.97 Å². The number of aliphatic carboxylic acids is 1. The first-order chi connectivity index (χ1) is 12.0. The van der Waals surface area contributed by atoms with Gasteiger partial charge in [0.2, 0.25) is 5.91 Å². The minimum Gasteiger partial charge on any atom is -0.481 e. The number of carboxylic acids is 1. The molecule has 1 aromatic carbocycles. The summed E-state index contributed by atoms with van der Waals surface area (Å²) in [5, 5.41) is 21.9. The average Bonchev–Trinajstić information content (AvgIpc) is 2.56. The summed E-state index contributed by atoms with van der Waals surface area (Å²) < 4.78 is 0. The maximum atomic E-state index is 12.5. The predicted octanol–water partition coefficient (Wildman–Crippen LogP) is 1.94. The standard InChI is InChI=1S/C16H20ClN3O6/c1-9(2)14(16(24)19(3)7-6-13(21)22)18-15(23)11-5-4-10(20(25)26)8-12(11)17/h4-5,8-9,14H,6-7H2,1-3H3,(H,18,23)(H,21,22). The Morgan fingerprint density at radius 2 is 1.96 bits per heavy atom. The molecule has 0 aliphatic carbocycles. The number of rotatable bonds is 8. The monoisotopic (exact) mass is 385 g/mol. The van der Waals surface area contributed by atoms with Gasteiger partial charge in [0.25, 0.3) is 11.6 Å². The van der Waals surface area contributed by atoms with Crippen LogP contribution < -0.4 is 5.32 Å². The van der Waals surface area contributed by atoms with Gasteiger partial charge in [-0.2, -0.15) is 0 Å². The van der Waals surface area contributed by atoms with Gasteiger partial charge in [-0.25, -0.2) is 0 Å². The summed E-state index contributed by atoms with van der Waals surface area (Å²) in [4.78, 5) is 46.9. The highest BCUT2D eigenvalue weighted by Gasteiger charge is 2.28. The summed E-state index contributed by atoms with van der Waals surface area (Å²) in [6, 6.07) is 2.52. The fraction of sp³-hybridized carbons (Fsp3) is 0.438. The lowest BCUT2D eigenvalue weighted by Crippen LogP contribution is -2.50. The van der Waals surface area contributed by atoms with Crippen molar-refractivity contribution in [2.24, 2.45) is 5.92 Å². The number of carbonyl (C=O) groups excluding carboxylic acids is 2. The summed E-state index contributed by atoms with van der Waals surface area (Å²) in [5.74, 6) is -2.39. The lowest BCUT2D eigenvalue weighted by molar-refractivity contribution is -0.384. The molecule has 1 unspecified atom stereocenters. The van der Waals surface area contributed by atoms with E-state index in [0.29, 0.717) is 0 Å². The topological polar surface area (TPSA) is 130 Å². The molecule has 0 saturated heterocycles. The SMILES string of the molecule is CC(C)C(NC(=O)c1ccc([N+](=O)[O-])cc1Cl)C(=O)N(C)CCC(=O)O. The van der Waals surface area contributed by atoms with Gasteiger partial charge in [0.1, 0.15) is 6.04 Å². The number of nitro groups is 1. The number of benzene rings is 1. The number of nitrogens with one attached hydrogen (secondary N) is 1. The highest BCUT2D eigenvalue weighted by molar-refractivity contribution is 6.34. The molecule has 2 N–H and O–H groups in total. The molecule has 0 aliphatic rings. The van der Waals surface area contributed by atoms with E-state index in [4.69, 9.17) is 16.7 Å². The van der Waals surface area contributed by atoms with Crippen molar-refractivity contribution in [3.05, 3.63) is 38.9 Å². The molecule has 0 fully saturated rings. The van der Waals surface area contributed by atoms with Gasteiger partial charge in [-0.3, -0.25) is 24.5 Å². The first-order valence-electron chi connectivity index (χ1n) is 7.76. The molecule has 0 aromatic heterocycles. The number of nitrogens with zero attached hydrogens (tertiary/aromatic N) is 2. The Balaban J connectivity index is 2.93. The molecule has 0 radical (unpaired) electrons. The fourth-order valence-corrected chi connectivity index (χ4v) is 2.41. The van der Waals surface area contributed by atoms with E-state index >= 15 is 0 Å². The van der Waals surface area contributed by atoms with Gasteiger partial charge in [-0.05, 0) is 12.0 Å². The van der Waals surface area contributed by atoms with Crippen LogP contribution in [-0.2, 0) is 9.59 Å². The first kappa shape index (κ1) is 21.4. The molecule has 9 nitrogen and oxygen atoms in total. The summed E-state index contributed by atoms with van der Waals surface area (Å²) in [6.07, 6.45) is -0.213. The van der Waals surface area contributed by atoms with E-state index in [1.165, 1.54) is 18.0 Å². The summed E-state index contributed by atoms with van der Waals surface area (Å²) in [5.41, 5.74) is -0.250. The van der Waals surface area contributed by atoms with Crippen LogP contribution in [0, 0.1) is 16.0 Å². The fourth-order valence-electron chi connectivity index (χ4n) is 2.15. The van der Waals surface area contributed by atoms with Crippen molar-refractivity contribution < 1.29 is 24.4 Å². The molecule has 10 heteroatoms. The number of non-ortho nitro benzene ring substituents is 1. The van der Waals surface area contributed by atoms with Crippen molar-refractivity contribution in [1.29, 1.82) is 0 Å². The van der Waals surface area contributed by atoms with Crippen LogP contribution in [0.4, 0.5) is 5.69 Å². The van der Waals surface area contributed by atoms with Crippen molar-refractivity contribution in [2.45, 2.75) is 26.3 Å². The van der Waals surface area contributed by atoms with Gasteiger partial charge in [0.15, 0.2) is 0 Å². The molecule has 26 heavy (non-hydrogen) atoms. The molecular weight excluding hydrogens is 366 g/mol. The van der Waals surface area contributed by atoms with Gasteiger partial charge in [-0.1, -0.05) is 25.4 Å². The molecular formula is C16H20ClN3O6. The lowest BCUT2D eigenvalue weighted by Gasteiger charge is -2.27. The molecule has 1 aromatic rings. The van der Waals surface area contributed by atoms with E-state index in [9.17, 15) is 24.5 Å². The van der Waals surface area contributed by atoms with E-state index in [1.807, 2.05) is 0 Å². The van der Waals surface area contributed by atoms with Gasteiger partial charge < -0.3 is 15.3 Å². The normalized spacial score (nSPS) is 11.7. The van der Waals surface area contributed by atoms with Crippen LogP contribution in [0.1, 0.15) is 30.6 Å². The van der Waals surface area contributed by atoms with Gasteiger partial charge in [-0.15, -0.1) is 0 Å². The average molecular weight is 386 g/mol. The number of carbonyl (C=O) groups is 3. The van der Waals surface area contributed by atoms with E-state index < -0.39 is 28.7 Å². The number of halogens is 1. The van der Waals surface area contributed by atoms with Crippen LogP contribution in [0.2, 0.25) is 5.02 Å². The zero-order valence-electron chi connectivity index (χ0n) is 14.6. The Hall–Kier alpha value is -2.68. The molecule has 142 valence electrons. The molecule has 0 bridgehead atoms. The molecule has 0 spiro atoms. The third-order valence-electron chi connectivity index (χ3n) is 3.66. The van der Waals surface area contributed by atoms with Crippen molar-refractivity contribution in [3.8, 4) is 0 Å². The molecule has 1 atom stereocenters. The van der Waals surface area contributed by atoms with E-state index in [-0.39, 0.29) is 35.2 Å². The van der Waals surface area contributed by atoms with Crippen molar-refractivity contribution >= 4 is 35.1 Å². The number of carboxylic acid groups (broad SMARTS) is 1. The Morgan fingerprint density at radius 1 is 1.35 bits per heavy atom. The molecule has 2 amide bonds. The highest BCUT2D eigenvalue weighted by Crippen LogP contribution is 2.22. The largest absolute Gasteiger partial charge is 0.481 e. The van der Waals surface area contributed by atoms with E-state index in [2.05, 4.69) is 5.32 Å². The summed E-state index contributed by atoms with van der Waals surface area (Å²) in [6.45, 7) is 3.46. The number of amides is 2. The second kappa shape index (κ2) is 9.14. The van der Waals surface area contributed by atoms with Crippen LogP contribution in [0.5, 0.6) is 0 Å². The molecule has 0 heterocycles. The van der Waals surface area contributed by atoms with Crippen LogP contribution in [-0.4, -0.2) is 52.3 Å². The van der Waals surface area contributed by atoms with E-state index in [1.54, 1.807) is 13.8 Å². The van der Waals surface area contributed by atoms with Gasteiger partial charge in [0.05, 0.1) is 21.9 Å². The van der Waals surface area contributed by atoms with Gasteiger partial charge in [0, 0.05) is 25.7 Å². The summed E-state index contributed by atoms with van der Waals surface area (Å²) in [7, 11) is 1.45. The Labute approximate surface area is 155 Å². The second-order valence-electron chi connectivity index (χ2n) is 6.02. The van der Waals surface area contributed by atoms with Crippen LogP contribution in [0.25, 0.3) is 0 Å². The van der Waals surface area contributed by atoms with Crippen molar-refractivity contribution in [1.82, 2.24) is 10.2 Å². The minimum absolute atomic E-state index is 0.00362. The molecule has 0 aliphatic heterocycles. The maximum absolute atomic E-state index is 12.5. The summed E-state index contributed by atoms with van der Waals surface area (Å²) >= 11 is 5.93. The quantitative estimate of drug-likeness (QED) is 0.519. The number of hydrogen-bond acceptors (Lipinski definition) is 5. The second-order valence-corrected chi connectivity index (χ2v) is 6.43. The zero-order valence-corrected chi connectivity index (χ0v) is 15.3. The molecule has 1 rings (SSSR count). The van der Waals surface area contributed by atoms with Crippen molar-refractivity contribution in [2.75, 3.05) is 13.6 Å². The predicted molar refractivity (Wildman–Crippen MR) is 94.1 cm³/mol. The maximum Gasteiger partial charge on any atom is 0.305 e. The van der Waals surface area contributed by atoms with Crippen LogP contribution in [0.15, 0.2) is 18.2 Å². The smallest absolute Gasteiger partial charge is 0.305 e. The van der Waals surface area contributed by atoms with Crippen molar-refractivity contribution in [3.63, 3.8) is 0 Å². The Morgan fingerprint density at radius 3 is 2.42 bits per heavy atom. The third kappa shape index (κ3) is 5.69. The minimum atomic E-state index is -1.03. The van der Waals surface area contributed by atoms with Crippen LogP contribution in [0.3, 0.4) is 0 Å². The Bertz CT molecular complexity index is 722. The Kier molecular flexibility index (Phi) is 7.51.